The molecule has 1 atom stereocenters. The molecule has 0 saturated heterocycles. The molecule has 0 aromatic carbocycles. The van der Waals surface area contributed by atoms with Gasteiger partial charge in [0, 0.05) is 5.38 Å². The number of sulfonamides is 1. The van der Waals surface area contributed by atoms with Crippen molar-refractivity contribution in [3.63, 3.8) is 0 Å². The van der Waals surface area contributed by atoms with Gasteiger partial charge in [0.2, 0.25) is 10.0 Å². The van der Waals surface area contributed by atoms with Crippen LogP contribution in [0.25, 0.3) is 0 Å². The van der Waals surface area contributed by atoms with Crippen molar-refractivity contribution >= 4 is 27.3 Å². The molecule has 0 unspecified atom stereocenters. The summed E-state index contributed by atoms with van der Waals surface area (Å²) in [7, 11) is -3.76. The van der Waals surface area contributed by atoms with Crippen molar-refractivity contribution in [2.24, 2.45) is 0 Å². The van der Waals surface area contributed by atoms with Crippen LogP contribution in [0.4, 0.5) is 0 Å². The molecule has 0 aliphatic rings. The van der Waals surface area contributed by atoms with E-state index >= 15 is 0 Å². The molecule has 6 nitrogen and oxygen atoms in total. The Morgan fingerprint density at radius 3 is 2.79 bits per heavy atom. The van der Waals surface area contributed by atoms with Gasteiger partial charge in [0.15, 0.2) is 0 Å². The Hall–Kier alpha value is -1.64. The van der Waals surface area contributed by atoms with E-state index in [9.17, 15) is 13.2 Å². The van der Waals surface area contributed by atoms with E-state index in [4.69, 9.17) is 9.52 Å². The van der Waals surface area contributed by atoms with Crippen LogP contribution in [0.3, 0.4) is 0 Å². The molecule has 2 aromatic heterocycles. The van der Waals surface area contributed by atoms with Crippen LogP contribution in [0.5, 0.6) is 0 Å². The molecular formula is C11H11NO5S2. The number of rotatable bonds is 5. The largest absolute Gasteiger partial charge is 0.477 e. The van der Waals surface area contributed by atoms with Gasteiger partial charge in [0.25, 0.3) is 0 Å². The van der Waals surface area contributed by atoms with Crippen LogP contribution in [0.15, 0.2) is 39.2 Å². The van der Waals surface area contributed by atoms with Gasteiger partial charge in [-0.2, -0.15) is 0 Å². The van der Waals surface area contributed by atoms with Crippen molar-refractivity contribution in [3.05, 3.63) is 40.5 Å². The van der Waals surface area contributed by atoms with Gasteiger partial charge in [0.1, 0.15) is 10.6 Å². The van der Waals surface area contributed by atoms with Crippen LogP contribution in [0.2, 0.25) is 0 Å². The first kappa shape index (κ1) is 13.8. The molecule has 2 heterocycles. The summed E-state index contributed by atoms with van der Waals surface area (Å²) in [5.41, 5.74) is 0. The second kappa shape index (κ2) is 5.16. The normalized spacial score (nSPS) is 13.3. The molecule has 2 rings (SSSR count). The summed E-state index contributed by atoms with van der Waals surface area (Å²) >= 11 is 0.867. The average molecular weight is 301 g/mol. The monoisotopic (exact) mass is 301 g/mol. The zero-order valence-electron chi connectivity index (χ0n) is 9.86. The minimum absolute atomic E-state index is 0.0222. The molecule has 0 aliphatic carbocycles. The van der Waals surface area contributed by atoms with Gasteiger partial charge in [-0.3, -0.25) is 0 Å². The second-order valence-electron chi connectivity index (χ2n) is 3.81. The van der Waals surface area contributed by atoms with E-state index in [1.54, 1.807) is 19.1 Å². The van der Waals surface area contributed by atoms with Gasteiger partial charge < -0.3 is 9.52 Å². The first-order valence-corrected chi connectivity index (χ1v) is 7.64. The molecule has 2 aromatic rings. The maximum absolute atomic E-state index is 12.0. The highest BCUT2D eigenvalue weighted by molar-refractivity contribution is 7.89. The smallest absolute Gasteiger partial charge is 0.345 e. The van der Waals surface area contributed by atoms with E-state index in [0.29, 0.717) is 5.76 Å². The van der Waals surface area contributed by atoms with Gasteiger partial charge in [-0.1, -0.05) is 0 Å². The minimum atomic E-state index is -3.76. The number of aromatic carboxylic acids is 1. The Morgan fingerprint density at radius 1 is 1.53 bits per heavy atom. The van der Waals surface area contributed by atoms with Crippen molar-refractivity contribution in [2.45, 2.75) is 17.9 Å². The zero-order valence-corrected chi connectivity index (χ0v) is 11.5. The Kier molecular flexibility index (Phi) is 3.74. The number of carbonyl (C=O) groups is 1. The molecule has 0 saturated carbocycles. The number of nitrogens with one attached hydrogen (secondary N) is 1. The van der Waals surface area contributed by atoms with E-state index in [-0.39, 0.29) is 9.77 Å². The highest BCUT2D eigenvalue weighted by Crippen LogP contribution is 2.22. The third-order valence-corrected chi connectivity index (χ3v) is 4.99. The standard InChI is InChI=1S/C11H11NO5S2/c1-7(9-3-2-4-17-9)12-19(15,16)8-5-10(11(13)14)18-6-8/h2-7,12H,1H3,(H,13,14)/t7-/m1/s1. The van der Waals surface area contributed by atoms with Crippen molar-refractivity contribution < 1.29 is 22.7 Å². The summed E-state index contributed by atoms with van der Waals surface area (Å²) < 4.78 is 31.6. The Balaban J connectivity index is 2.20. The summed E-state index contributed by atoms with van der Waals surface area (Å²) in [6.07, 6.45) is 1.45. The van der Waals surface area contributed by atoms with E-state index in [0.717, 1.165) is 17.4 Å². The maximum atomic E-state index is 12.0. The van der Waals surface area contributed by atoms with Crippen molar-refractivity contribution in [2.75, 3.05) is 0 Å². The van der Waals surface area contributed by atoms with Crippen molar-refractivity contribution in [1.29, 1.82) is 0 Å². The number of hydrogen-bond acceptors (Lipinski definition) is 5. The highest BCUT2D eigenvalue weighted by atomic mass is 32.2. The maximum Gasteiger partial charge on any atom is 0.345 e. The lowest BCUT2D eigenvalue weighted by Gasteiger charge is -2.10. The molecule has 2 N–H and O–H groups in total. The highest BCUT2D eigenvalue weighted by Gasteiger charge is 2.22. The summed E-state index contributed by atoms with van der Waals surface area (Å²) in [6.45, 7) is 1.64. The lowest BCUT2D eigenvalue weighted by molar-refractivity contribution is 0.0702. The number of carboxylic acids is 1. The van der Waals surface area contributed by atoms with Crippen molar-refractivity contribution in [1.82, 2.24) is 4.72 Å². The molecule has 0 amide bonds. The lowest BCUT2D eigenvalue weighted by atomic mass is 10.3. The fraction of sp³-hybridized carbons (Fsp3) is 0.182. The number of carboxylic acid groups (broad SMARTS) is 1. The van der Waals surface area contributed by atoms with Crippen LogP contribution in [0, 0.1) is 0 Å². The van der Waals surface area contributed by atoms with E-state index in [1.165, 1.54) is 11.6 Å². The fourth-order valence-corrected chi connectivity index (χ4v) is 3.79. The van der Waals surface area contributed by atoms with E-state index in [2.05, 4.69) is 4.72 Å². The predicted molar refractivity (Wildman–Crippen MR) is 68.7 cm³/mol. The minimum Gasteiger partial charge on any atom is -0.477 e. The topological polar surface area (TPSA) is 96.6 Å². The first-order valence-electron chi connectivity index (χ1n) is 5.28. The zero-order chi connectivity index (χ0) is 14.0. The van der Waals surface area contributed by atoms with Crippen LogP contribution in [-0.2, 0) is 10.0 Å². The Morgan fingerprint density at radius 2 is 2.26 bits per heavy atom. The van der Waals surface area contributed by atoms with Crippen LogP contribution >= 0.6 is 11.3 Å². The molecule has 0 aliphatic heterocycles. The van der Waals surface area contributed by atoms with Gasteiger partial charge >= 0.3 is 5.97 Å². The molecule has 102 valence electrons. The van der Waals surface area contributed by atoms with Crippen LogP contribution in [-0.4, -0.2) is 19.5 Å². The quantitative estimate of drug-likeness (QED) is 0.881. The average Bonchev–Trinajstić information content (AvgIpc) is 3.00. The number of furan rings is 1. The van der Waals surface area contributed by atoms with Crippen LogP contribution < -0.4 is 4.72 Å². The van der Waals surface area contributed by atoms with Gasteiger partial charge in [-0.15, -0.1) is 11.3 Å². The predicted octanol–water partition coefficient (Wildman–Crippen LogP) is 2.08. The molecule has 0 bridgehead atoms. The SMILES string of the molecule is C[C@@H](NS(=O)(=O)c1csc(C(=O)O)c1)c1ccco1. The van der Waals surface area contributed by atoms with E-state index in [1.807, 2.05) is 0 Å². The molecule has 0 spiro atoms. The summed E-state index contributed by atoms with van der Waals surface area (Å²) in [6, 6.07) is 3.91. The second-order valence-corrected chi connectivity index (χ2v) is 6.44. The summed E-state index contributed by atoms with van der Waals surface area (Å²) in [5.74, 6) is -0.664. The Labute approximate surface area is 113 Å². The van der Waals surface area contributed by atoms with Gasteiger partial charge in [0.05, 0.1) is 17.2 Å². The van der Waals surface area contributed by atoms with Gasteiger partial charge in [-0.05, 0) is 25.1 Å². The fourth-order valence-electron chi connectivity index (χ4n) is 1.47. The first-order chi connectivity index (χ1) is 8.90. The summed E-state index contributed by atoms with van der Waals surface area (Å²) in [4.78, 5) is 10.6. The van der Waals surface area contributed by atoms with Crippen molar-refractivity contribution in [3.8, 4) is 0 Å². The summed E-state index contributed by atoms with van der Waals surface area (Å²) in [5, 5.41) is 10.1. The molecule has 8 heteroatoms. The third kappa shape index (κ3) is 3.03. The van der Waals surface area contributed by atoms with E-state index < -0.39 is 22.0 Å². The molecule has 0 radical (unpaired) electrons. The molecule has 19 heavy (non-hydrogen) atoms. The number of hydrogen-bond donors (Lipinski definition) is 2. The molecule has 0 fully saturated rings. The Bertz CT molecular complexity index is 672. The number of thiophene rings is 1. The molecular weight excluding hydrogens is 290 g/mol. The van der Waals surface area contributed by atoms with Crippen LogP contribution in [0.1, 0.15) is 28.4 Å². The third-order valence-electron chi connectivity index (χ3n) is 2.40. The van der Waals surface area contributed by atoms with Gasteiger partial charge in [-0.25, -0.2) is 17.9 Å². The lowest BCUT2D eigenvalue weighted by Crippen LogP contribution is -2.26.